The highest BCUT2D eigenvalue weighted by Gasteiger charge is 2.23. The number of allylic oxidation sites excluding steroid dienone is 4. The normalized spacial score (nSPS) is 17.9. The van der Waals surface area contributed by atoms with Gasteiger partial charge in [0.2, 0.25) is 11.6 Å². The van der Waals surface area contributed by atoms with Crippen LogP contribution in [-0.2, 0) is 14.3 Å². The standard InChI is InChI=1S/C16H14O3/c1-19-16-11-15(18)14(17)10-13(16)9-5-8-12-6-3-2-4-7-12/h2-9,11H,10H2,1H3/b8-5+,13-9+. The molecule has 1 aromatic rings. The van der Waals surface area contributed by atoms with Crippen LogP contribution in [0.4, 0.5) is 0 Å². The number of ketones is 2. The smallest absolute Gasteiger partial charge is 0.225 e. The van der Waals surface area contributed by atoms with Gasteiger partial charge in [0.15, 0.2) is 0 Å². The first kappa shape index (κ1) is 13.0. The molecule has 3 heteroatoms. The number of hydrogen-bond donors (Lipinski definition) is 0. The van der Waals surface area contributed by atoms with E-state index in [1.807, 2.05) is 42.5 Å². The van der Waals surface area contributed by atoms with Gasteiger partial charge < -0.3 is 4.74 Å². The summed E-state index contributed by atoms with van der Waals surface area (Å²) < 4.78 is 5.11. The lowest BCUT2D eigenvalue weighted by Crippen LogP contribution is -2.18. The van der Waals surface area contributed by atoms with Crippen molar-refractivity contribution < 1.29 is 14.3 Å². The molecule has 0 bridgehead atoms. The van der Waals surface area contributed by atoms with Crippen molar-refractivity contribution in [2.75, 3.05) is 7.11 Å². The maximum atomic E-state index is 11.4. The first-order chi connectivity index (χ1) is 9.20. The van der Waals surface area contributed by atoms with Crippen molar-refractivity contribution in [2.45, 2.75) is 6.42 Å². The summed E-state index contributed by atoms with van der Waals surface area (Å²) in [5.74, 6) is -0.441. The number of benzene rings is 1. The van der Waals surface area contributed by atoms with Gasteiger partial charge in [0.1, 0.15) is 5.76 Å². The third kappa shape index (κ3) is 3.28. The topological polar surface area (TPSA) is 43.4 Å². The first-order valence-electron chi connectivity index (χ1n) is 5.96. The quantitative estimate of drug-likeness (QED) is 0.779. The van der Waals surface area contributed by atoms with E-state index in [0.717, 1.165) is 11.1 Å². The van der Waals surface area contributed by atoms with Crippen LogP contribution in [0.3, 0.4) is 0 Å². The molecule has 2 rings (SSSR count). The molecule has 3 nitrogen and oxygen atoms in total. The second-order valence-corrected chi connectivity index (χ2v) is 4.14. The van der Waals surface area contributed by atoms with Crippen molar-refractivity contribution in [2.24, 2.45) is 0 Å². The van der Waals surface area contributed by atoms with Crippen molar-refractivity contribution >= 4 is 17.6 Å². The lowest BCUT2D eigenvalue weighted by atomic mass is 9.97. The fourth-order valence-corrected chi connectivity index (χ4v) is 1.81. The van der Waals surface area contributed by atoms with Gasteiger partial charge in [0, 0.05) is 18.1 Å². The summed E-state index contributed by atoms with van der Waals surface area (Å²) in [6.45, 7) is 0. The summed E-state index contributed by atoms with van der Waals surface area (Å²) >= 11 is 0. The van der Waals surface area contributed by atoms with Crippen molar-refractivity contribution in [1.82, 2.24) is 0 Å². The van der Waals surface area contributed by atoms with Gasteiger partial charge >= 0.3 is 0 Å². The van der Waals surface area contributed by atoms with Crippen LogP contribution in [-0.4, -0.2) is 18.7 Å². The van der Waals surface area contributed by atoms with E-state index in [1.54, 1.807) is 6.08 Å². The molecule has 0 fully saturated rings. The monoisotopic (exact) mass is 254 g/mol. The van der Waals surface area contributed by atoms with Crippen molar-refractivity contribution in [3.63, 3.8) is 0 Å². The van der Waals surface area contributed by atoms with Crippen LogP contribution in [0.25, 0.3) is 6.08 Å². The lowest BCUT2D eigenvalue weighted by molar-refractivity contribution is -0.133. The number of methoxy groups -OCH3 is 1. The Bertz CT molecular complexity index is 577. The number of ether oxygens (including phenoxy) is 1. The molecule has 0 radical (unpaired) electrons. The highest BCUT2D eigenvalue weighted by molar-refractivity contribution is 6.43. The van der Waals surface area contributed by atoms with Crippen molar-refractivity contribution in [1.29, 1.82) is 0 Å². The van der Waals surface area contributed by atoms with Gasteiger partial charge in [0.05, 0.1) is 7.11 Å². The average molecular weight is 254 g/mol. The highest BCUT2D eigenvalue weighted by atomic mass is 16.5. The summed E-state index contributed by atoms with van der Waals surface area (Å²) in [4.78, 5) is 22.6. The maximum Gasteiger partial charge on any atom is 0.225 e. The Labute approximate surface area is 111 Å². The van der Waals surface area contributed by atoms with Gasteiger partial charge in [0.25, 0.3) is 0 Å². The third-order valence-electron chi connectivity index (χ3n) is 2.81. The molecular weight excluding hydrogens is 240 g/mol. The zero-order valence-corrected chi connectivity index (χ0v) is 10.6. The van der Waals surface area contributed by atoms with Crippen LogP contribution in [0.5, 0.6) is 0 Å². The van der Waals surface area contributed by atoms with E-state index in [9.17, 15) is 9.59 Å². The molecule has 1 aliphatic carbocycles. The molecule has 0 saturated heterocycles. The second-order valence-electron chi connectivity index (χ2n) is 4.14. The average Bonchev–Trinajstić information content (AvgIpc) is 2.43. The Morgan fingerprint density at radius 3 is 2.58 bits per heavy atom. The number of rotatable bonds is 3. The largest absolute Gasteiger partial charge is 0.496 e. The maximum absolute atomic E-state index is 11.4. The molecule has 0 spiro atoms. The van der Waals surface area contributed by atoms with Gasteiger partial charge in [-0.15, -0.1) is 0 Å². The van der Waals surface area contributed by atoms with Crippen molar-refractivity contribution in [3.05, 3.63) is 65.5 Å². The summed E-state index contributed by atoms with van der Waals surface area (Å²) in [6.07, 6.45) is 6.92. The molecule has 0 heterocycles. The Morgan fingerprint density at radius 1 is 1.16 bits per heavy atom. The minimum absolute atomic E-state index is 0.0949. The molecule has 0 amide bonds. The van der Waals surface area contributed by atoms with Gasteiger partial charge in [-0.25, -0.2) is 0 Å². The minimum atomic E-state index is -0.499. The van der Waals surface area contributed by atoms with Crippen LogP contribution in [0, 0.1) is 0 Å². The van der Waals surface area contributed by atoms with Crippen LogP contribution in [0.2, 0.25) is 0 Å². The highest BCUT2D eigenvalue weighted by Crippen LogP contribution is 2.21. The molecular formula is C16H14O3. The first-order valence-corrected chi connectivity index (χ1v) is 5.96. The fraction of sp³-hybridized carbons (Fsp3) is 0.125. The Morgan fingerprint density at radius 2 is 1.89 bits per heavy atom. The summed E-state index contributed by atoms with van der Waals surface area (Å²) in [5, 5.41) is 0. The molecule has 0 atom stereocenters. The Kier molecular flexibility index (Phi) is 4.08. The molecule has 0 aromatic heterocycles. The molecule has 0 N–H and O–H groups in total. The van der Waals surface area contributed by atoms with Gasteiger partial charge in [-0.2, -0.15) is 0 Å². The minimum Gasteiger partial charge on any atom is -0.496 e. The van der Waals surface area contributed by atoms with Crippen molar-refractivity contribution in [3.8, 4) is 0 Å². The van der Waals surface area contributed by atoms with Gasteiger partial charge in [-0.05, 0) is 5.56 Å². The zero-order valence-electron chi connectivity index (χ0n) is 10.6. The zero-order chi connectivity index (χ0) is 13.7. The van der Waals surface area contributed by atoms with E-state index in [-0.39, 0.29) is 6.42 Å². The molecule has 96 valence electrons. The Hall–Kier alpha value is -2.42. The van der Waals surface area contributed by atoms with E-state index in [2.05, 4.69) is 0 Å². The predicted molar refractivity (Wildman–Crippen MR) is 73.3 cm³/mol. The lowest BCUT2D eigenvalue weighted by Gasteiger charge is -2.13. The molecule has 1 aromatic carbocycles. The molecule has 0 saturated carbocycles. The van der Waals surface area contributed by atoms with Crippen LogP contribution >= 0.6 is 0 Å². The molecule has 0 aliphatic heterocycles. The Balaban J connectivity index is 2.19. The molecule has 1 aliphatic rings. The number of Topliss-reactive ketones (excluding diaryl/α,β-unsaturated/α-hetero) is 1. The van der Waals surface area contributed by atoms with Crippen LogP contribution < -0.4 is 0 Å². The molecule has 0 unspecified atom stereocenters. The fourth-order valence-electron chi connectivity index (χ4n) is 1.81. The van der Waals surface area contributed by atoms with Gasteiger partial charge in [-0.3, -0.25) is 9.59 Å². The second kappa shape index (κ2) is 5.96. The van der Waals surface area contributed by atoms with E-state index < -0.39 is 11.6 Å². The van der Waals surface area contributed by atoms with Crippen LogP contribution in [0.1, 0.15) is 12.0 Å². The van der Waals surface area contributed by atoms with Gasteiger partial charge in [-0.1, -0.05) is 48.6 Å². The molecule has 19 heavy (non-hydrogen) atoms. The number of carbonyl (C=O) groups is 2. The van der Waals surface area contributed by atoms with E-state index in [1.165, 1.54) is 13.2 Å². The predicted octanol–water partition coefficient (Wildman–Crippen LogP) is 2.70. The number of hydrogen-bond acceptors (Lipinski definition) is 3. The summed E-state index contributed by atoms with van der Waals surface area (Å²) in [6, 6.07) is 9.83. The van der Waals surface area contributed by atoms with Crippen LogP contribution in [0.15, 0.2) is 59.9 Å². The van der Waals surface area contributed by atoms with E-state index in [4.69, 9.17) is 4.74 Å². The SMILES string of the molecule is COC1=CC(=O)C(=O)C/C1=C\C=C\c1ccccc1. The third-order valence-corrected chi connectivity index (χ3v) is 2.81. The van der Waals surface area contributed by atoms with E-state index >= 15 is 0 Å². The van der Waals surface area contributed by atoms with E-state index in [0.29, 0.717) is 5.76 Å². The summed E-state index contributed by atoms with van der Waals surface area (Å²) in [7, 11) is 1.49. The number of carbonyl (C=O) groups excluding carboxylic acids is 2. The summed E-state index contributed by atoms with van der Waals surface area (Å²) in [5.41, 5.74) is 1.79.